The largest absolute Gasteiger partial charge is 0.489 e. The number of hydrogen-bond acceptors (Lipinski definition) is 2. The summed E-state index contributed by atoms with van der Waals surface area (Å²) in [5.74, 6) is 0.694. The molecule has 0 unspecified atom stereocenters. The van der Waals surface area contributed by atoms with Gasteiger partial charge in [-0.05, 0) is 31.0 Å². The number of rotatable bonds is 2. The molecular formula is C10H8BrNO. The molecule has 0 aliphatic heterocycles. The average Bonchev–Trinajstić information content (AvgIpc) is 2.89. The number of benzene rings is 1. The van der Waals surface area contributed by atoms with Gasteiger partial charge in [0.15, 0.2) is 0 Å². The van der Waals surface area contributed by atoms with Crippen molar-refractivity contribution in [3.05, 3.63) is 28.2 Å². The first kappa shape index (κ1) is 8.58. The van der Waals surface area contributed by atoms with Gasteiger partial charge in [0, 0.05) is 4.47 Å². The third kappa shape index (κ3) is 2.02. The lowest BCUT2D eigenvalue weighted by Gasteiger charge is -2.05. The summed E-state index contributed by atoms with van der Waals surface area (Å²) in [6, 6.07) is 7.57. The third-order valence-electron chi connectivity index (χ3n) is 1.88. The fourth-order valence-electron chi connectivity index (χ4n) is 1.05. The molecule has 3 heteroatoms. The lowest BCUT2D eigenvalue weighted by atomic mass is 10.2. The summed E-state index contributed by atoms with van der Waals surface area (Å²) in [7, 11) is 0. The second kappa shape index (κ2) is 3.39. The Morgan fingerprint density at radius 2 is 2.23 bits per heavy atom. The van der Waals surface area contributed by atoms with Crippen LogP contribution in [0.25, 0.3) is 0 Å². The Labute approximate surface area is 85.3 Å². The molecule has 0 atom stereocenters. The normalized spacial score (nSPS) is 15.1. The summed E-state index contributed by atoms with van der Waals surface area (Å²) >= 11 is 3.35. The van der Waals surface area contributed by atoms with Crippen molar-refractivity contribution in [1.82, 2.24) is 0 Å². The summed E-state index contributed by atoms with van der Waals surface area (Å²) < 4.78 is 6.52. The number of hydrogen-bond donors (Lipinski definition) is 0. The van der Waals surface area contributed by atoms with E-state index in [1.807, 2.05) is 12.1 Å². The van der Waals surface area contributed by atoms with Gasteiger partial charge in [0.1, 0.15) is 11.8 Å². The molecular weight excluding hydrogens is 230 g/mol. The van der Waals surface area contributed by atoms with Gasteiger partial charge in [-0.15, -0.1) is 0 Å². The van der Waals surface area contributed by atoms with E-state index in [9.17, 15) is 0 Å². The van der Waals surface area contributed by atoms with Crippen molar-refractivity contribution >= 4 is 15.9 Å². The van der Waals surface area contributed by atoms with E-state index in [0.717, 1.165) is 17.3 Å². The number of ether oxygens (including phenoxy) is 1. The molecule has 0 saturated heterocycles. The summed E-state index contributed by atoms with van der Waals surface area (Å²) in [6.07, 6.45) is 2.55. The minimum absolute atomic E-state index is 0.335. The SMILES string of the molecule is N#Cc1ccc(Br)cc1OC1CC1. The Morgan fingerprint density at radius 1 is 1.46 bits per heavy atom. The first-order valence-corrected chi connectivity index (χ1v) is 4.95. The van der Waals surface area contributed by atoms with Crippen LogP contribution in [-0.2, 0) is 0 Å². The van der Waals surface area contributed by atoms with E-state index in [0.29, 0.717) is 17.4 Å². The van der Waals surface area contributed by atoms with E-state index in [4.69, 9.17) is 10.00 Å². The molecule has 0 radical (unpaired) electrons. The molecule has 1 aromatic carbocycles. The van der Waals surface area contributed by atoms with E-state index in [2.05, 4.69) is 22.0 Å². The van der Waals surface area contributed by atoms with Crippen LogP contribution in [0.15, 0.2) is 22.7 Å². The molecule has 1 fully saturated rings. The van der Waals surface area contributed by atoms with Gasteiger partial charge in [-0.25, -0.2) is 0 Å². The molecule has 2 rings (SSSR count). The predicted molar refractivity (Wildman–Crippen MR) is 52.5 cm³/mol. The van der Waals surface area contributed by atoms with Crippen molar-refractivity contribution in [2.24, 2.45) is 0 Å². The maximum Gasteiger partial charge on any atom is 0.138 e. The molecule has 66 valence electrons. The smallest absolute Gasteiger partial charge is 0.138 e. The summed E-state index contributed by atoms with van der Waals surface area (Å²) in [5, 5.41) is 8.80. The van der Waals surface area contributed by atoms with Gasteiger partial charge in [0.05, 0.1) is 11.7 Å². The minimum Gasteiger partial charge on any atom is -0.489 e. The zero-order valence-corrected chi connectivity index (χ0v) is 8.54. The van der Waals surface area contributed by atoms with Crippen molar-refractivity contribution in [3.63, 3.8) is 0 Å². The van der Waals surface area contributed by atoms with E-state index >= 15 is 0 Å². The number of halogens is 1. The van der Waals surface area contributed by atoms with Gasteiger partial charge in [0.25, 0.3) is 0 Å². The molecule has 1 saturated carbocycles. The van der Waals surface area contributed by atoms with Gasteiger partial charge in [-0.3, -0.25) is 0 Å². The maximum atomic E-state index is 8.80. The molecule has 0 amide bonds. The Kier molecular flexibility index (Phi) is 2.24. The Balaban J connectivity index is 2.29. The van der Waals surface area contributed by atoms with Gasteiger partial charge < -0.3 is 4.74 Å². The van der Waals surface area contributed by atoms with Crippen molar-refractivity contribution in [3.8, 4) is 11.8 Å². The standard InChI is InChI=1S/C10H8BrNO/c11-8-2-1-7(6-12)10(5-8)13-9-3-4-9/h1-2,5,9H,3-4H2. The zero-order valence-electron chi connectivity index (χ0n) is 6.96. The fourth-order valence-corrected chi connectivity index (χ4v) is 1.39. The van der Waals surface area contributed by atoms with Crippen molar-refractivity contribution < 1.29 is 4.74 Å². The summed E-state index contributed by atoms with van der Waals surface area (Å²) in [6.45, 7) is 0. The van der Waals surface area contributed by atoms with Crippen LogP contribution in [0.2, 0.25) is 0 Å². The highest BCUT2D eigenvalue weighted by molar-refractivity contribution is 9.10. The highest BCUT2D eigenvalue weighted by Gasteiger charge is 2.24. The van der Waals surface area contributed by atoms with Crippen LogP contribution in [0, 0.1) is 11.3 Å². The monoisotopic (exact) mass is 237 g/mol. The Hall–Kier alpha value is -1.01. The van der Waals surface area contributed by atoms with E-state index < -0.39 is 0 Å². The Bertz CT molecular complexity index is 366. The number of nitrogens with zero attached hydrogens (tertiary/aromatic N) is 1. The fraction of sp³-hybridized carbons (Fsp3) is 0.300. The highest BCUT2D eigenvalue weighted by Crippen LogP contribution is 2.30. The quantitative estimate of drug-likeness (QED) is 0.793. The summed E-state index contributed by atoms with van der Waals surface area (Å²) in [5.41, 5.74) is 0.607. The Morgan fingerprint density at radius 3 is 2.85 bits per heavy atom. The first-order valence-electron chi connectivity index (χ1n) is 4.16. The zero-order chi connectivity index (χ0) is 9.26. The van der Waals surface area contributed by atoms with E-state index in [1.165, 1.54) is 0 Å². The molecule has 13 heavy (non-hydrogen) atoms. The lowest BCUT2D eigenvalue weighted by molar-refractivity contribution is 0.302. The molecule has 1 aliphatic rings. The van der Waals surface area contributed by atoms with Crippen LogP contribution in [-0.4, -0.2) is 6.10 Å². The van der Waals surface area contributed by atoms with Crippen molar-refractivity contribution in [1.29, 1.82) is 5.26 Å². The highest BCUT2D eigenvalue weighted by atomic mass is 79.9. The number of nitriles is 1. The molecule has 0 N–H and O–H groups in total. The lowest BCUT2D eigenvalue weighted by Crippen LogP contribution is -1.97. The maximum absolute atomic E-state index is 8.80. The second-order valence-electron chi connectivity index (χ2n) is 3.07. The molecule has 1 aliphatic carbocycles. The molecule has 2 nitrogen and oxygen atoms in total. The minimum atomic E-state index is 0.335. The molecule has 0 heterocycles. The van der Waals surface area contributed by atoms with Gasteiger partial charge >= 0.3 is 0 Å². The van der Waals surface area contributed by atoms with Gasteiger partial charge in [-0.2, -0.15) is 5.26 Å². The van der Waals surface area contributed by atoms with Crippen LogP contribution >= 0.6 is 15.9 Å². The molecule has 0 spiro atoms. The average molecular weight is 238 g/mol. The van der Waals surface area contributed by atoms with Crippen molar-refractivity contribution in [2.45, 2.75) is 18.9 Å². The van der Waals surface area contributed by atoms with E-state index in [1.54, 1.807) is 6.07 Å². The van der Waals surface area contributed by atoms with E-state index in [-0.39, 0.29) is 0 Å². The predicted octanol–water partition coefficient (Wildman–Crippen LogP) is 2.86. The van der Waals surface area contributed by atoms with Crippen LogP contribution in [0.5, 0.6) is 5.75 Å². The van der Waals surface area contributed by atoms with Crippen LogP contribution in [0.3, 0.4) is 0 Å². The summed E-state index contributed by atoms with van der Waals surface area (Å²) in [4.78, 5) is 0. The molecule has 1 aromatic rings. The van der Waals surface area contributed by atoms with Gasteiger partial charge in [0.2, 0.25) is 0 Å². The van der Waals surface area contributed by atoms with Crippen LogP contribution < -0.4 is 4.74 Å². The third-order valence-corrected chi connectivity index (χ3v) is 2.38. The van der Waals surface area contributed by atoms with Crippen molar-refractivity contribution in [2.75, 3.05) is 0 Å². The first-order chi connectivity index (χ1) is 6.29. The second-order valence-corrected chi connectivity index (χ2v) is 3.99. The topological polar surface area (TPSA) is 33.0 Å². The van der Waals surface area contributed by atoms with Gasteiger partial charge in [-0.1, -0.05) is 15.9 Å². The van der Waals surface area contributed by atoms with Crippen LogP contribution in [0.1, 0.15) is 18.4 Å². The molecule has 0 aromatic heterocycles. The van der Waals surface area contributed by atoms with Crippen LogP contribution in [0.4, 0.5) is 0 Å². The molecule has 0 bridgehead atoms.